The first-order chi connectivity index (χ1) is 11.1. The highest BCUT2D eigenvalue weighted by Gasteiger charge is 2.20. The average molecular weight is 320 g/mol. The van der Waals surface area contributed by atoms with E-state index in [0.29, 0.717) is 6.61 Å². The topological polar surface area (TPSA) is 51.2 Å². The highest BCUT2D eigenvalue weighted by Crippen LogP contribution is 2.32. The van der Waals surface area contributed by atoms with Gasteiger partial charge >= 0.3 is 6.09 Å². The van der Waals surface area contributed by atoms with Crippen molar-refractivity contribution in [2.75, 3.05) is 40.1 Å². The van der Waals surface area contributed by atoms with Gasteiger partial charge in [-0.3, -0.25) is 4.90 Å². The Morgan fingerprint density at radius 2 is 2.13 bits per heavy atom. The molecular weight excluding hydrogens is 296 g/mol. The van der Waals surface area contributed by atoms with E-state index in [1.807, 2.05) is 25.1 Å². The van der Waals surface area contributed by atoms with Crippen LogP contribution in [-0.4, -0.2) is 62.0 Å². The van der Waals surface area contributed by atoms with E-state index in [2.05, 4.69) is 4.90 Å². The number of fused-ring (bicyclic) bond motifs is 1. The minimum Gasteiger partial charge on any atom is -0.454 e. The second-order valence-electron chi connectivity index (χ2n) is 6.16. The number of likely N-dealkylation sites (tertiary alicyclic amines) is 1. The molecule has 0 aliphatic carbocycles. The molecule has 1 amide bonds. The minimum absolute atomic E-state index is 0.0480. The van der Waals surface area contributed by atoms with Crippen LogP contribution in [0.4, 0.5) is 4.79 Å². The van der Waals surface area contributed by atoms with E-state index in [9.17, 15) is 4.79 Å². The first kappa shape index (κ1) is 15.9. The number of ether oxygens (including phenoxy) is 3. The van der Waals surface area contributed by atoms with Gasteiger partial charge in [-0.15, -0.1) is 0 Å². The molecule has 6 nitrogen and oxygen atoms in total. The predicted molar refractivity (Wildman–Crippen MR) is 85.9 cm³/mol. The Hall–Kier alpha value is -1.95. The number of rotatable bonds is 6. The molecule has 2 heterocycles. The molecule has 2 aliphatic heterocycles. The van der Waals surface area contributed by atoms with Gasteiger partial charge in [0.25, 0.3) is 0 Å². The molecule has 1 aromatic carbocycles. The summed E-state index contributed by atoms with van der Waals surface area (Å²) < 4.78 is 16.0. The summed E-state index contributed by atoms with van der Waals surface area (Å²) in [6, 6.07) is 5.94. The largest absolute Gasteiger partial charge is 0.454 e. The molecular formula is C17H24N2O4. The number of hydrogen-bond donors (Lipinski definition) is 0. The fourth-order valence-electron chi connectivity index (χ4n) is 2.70. The van der Waals surface area contributed by atoms with Gasteiger partial charge in [-0.25, -0.2) is 4.79 Å². The van der Waals surface area contributed by atoms with E-state index in [0.717, 1.165) is 43.1 Å². The van der Waals surface area contributed by atoms with Gasteiger partial charge in [0, 0.05) is 19.6 Å². The Morgan fingerprint density at radius 3 is 2.87 bits per heavy atom. The molecule has 0 bridgehead atoms. The van der Waals surface area contributed by atoms with Crippen LogP contribution in [-0.2, 0) is 11.2 Å². The number of nitrogens with zero attached hydrogens (tertiary/aromatic N) is 2. The Bertz CT molecular complexity index is 560. The van der Waals surface area contributed by atoms with Crippen LogP contribution < -0.4 is 9.47 Å². The number of amides is 1. The van der Waals surface area contributed by atoms with Gasteiger partial charge < -0.3 is 19.1 Å². The van der Waals surface area contributed by atoms with E-state index in [1.54, 1.807) is 11.9 Å². The van der Waals surface area contributed by atoms with Crippen LogP contribution in [0, 0.1) is 0 Å². The summed E-state index contributed by atoms with van der Waals surface area (Å²) in [6.07, 6.45) is 1.73. The molecule has 1 unspecified atom stereocenters. The number of benzene rings is 1. The van der Waals surface area contributed by atoms with Gasteiger partial charge in [-0.05, 0) is 50.6 Å². The lowest BCUT2D eigenvalue weighted by atomic mass is 10.1. The molecule has 0 spiro atoms. The van der Waals surface area contributed by atoms with E-state index in [4.69, 9.17) is 14.2 Å². The molecule has 1 fully saturated rings. The molecule has 1 aromatic rings. The zero-order valence-corrected chi connectivity index (χ0v) is 13.8. The number of carbonyl (C=O) groups excluding carboxylic acids is 1. The van der Waals surface area contributed by atoms with Gasteiger partial charge in [-0.2, -0.15) is 0 Å². The first-order valence-corrected chi connectivity index (χ1v) is 8.14. The zero-order chi connectivity index (χ0) is 16.2. The summed E-state index contributed by atoms with van der Waals surface area (Å²) in [4.78, 5) is 16.0. The summed E-state index contributed by atoms with van der Waals surface area (Å²) >= 11 is 0. The number of likely N-dealkylation sites (N-methyl/N-ethyl adjacent to an activating group) is 1. The van der Waals surface area contributed by atoms with Crippen molar-refractivity contribution < 1.29 is 19.0 Å². The molecule has 1 saturated heterocycles. The molecule has 0 N–H and O–H groups in total. The van der Waals surface area contributed by atoms with Crippen LogP contribution in [0.15, 0.2) is 18.2 Å². The quantitative estimate of drug-likeness (QED) is 0.803. The van der Waals surface area contributed by atoms with Crippen molar-refractivity contribution in [3.8, 4) is 11.5 Å². The molecule has 1 atom stereocenters. The summed E-state index contributed by atoms with van der Waals surface area (Å²) in [6.45, 7) is 5.82. The smallest absolute Gasteiger partial charge is 0.409 e. The van der Waals surface area contributed by atoms with Crippen LogP contribution in [0.3, 0.4) is 0 Å². The van der Waals surface area contributed by atoms with Crippen molar-refractivity contribution in [1.29, 1.82) is 0 Å². The second-order valence-corrected chi connectivity index (χ2v) is 6.16. The highest BCUT2D eigenvalue weighted by atomic mass is 16.7. The van der Waals surface area contributed by atoms with Gasteiger partial charge in [0.15, 0.2) is 11.5 Å². The third-order valence-corrected chi connectivity index (χ3v) is 4.50. The molecule has 3 rings (SSSR count). The fourth-order valence-corrected chi connectivity index (χ4v) is 2.70. The van der Waals surface area contributed by atoms with Gasteiger partial charge in [-0.1, -0.05) is 6.07 Å². The minimum atomic E-state index is -0.265. The van der Waals surface area contributed by atoms with Crippen molar-refractivity contribution in [3.63, 3.8) is 0 Å². The first-order valence-electron chi connectivity index (χ1n) is 8.14. The lowest BCUT2D eigenvalue weighted by molar-refractivity contribution is 0.0765. The standard InChI is InChI=1S/C17H24N2O4/c1-13(10-14-4-5-15-16(11-14)23-12-22-15)18(2)17(20)21-9-8-19-6-3-7-19/h4-5,11,13H,3,6-10,12H2,1-2H3. The van der Waals surface area contributed by atoms with Gasteiger partial charge in [0.1, 0.15) is 6.61 Å². The Labute approximate surface area is 136 Å². The van der Waals surface area contributed by atoms with Crippen LogP contribution in [0.5, 0.6) is 11.5 Å². The van der Waals surface area contributed by atoms with Crippen molar-refractivity contribution >= 4 is 6.09 Å². The Morgan fingerprint density at radius 1 is 1.35 bits per heavy atom. The predicted octanol–water partition coefficient (Wildman–Crippen LogP) is 2.12. The highest BCUT2D eigenvalue weighted by molar-refractivity contribution is 5.67. The normalized spacial score (nSPS) is 17.5. The van der Waals surface area contributed by atoms with Gasteiger partial charge in [0.2, 0.25) is 6.79 Å². The molecule has 0 aromatic heterocycles. The fraction of sp³-hybridized carbons (Fsp3) is 0.588. The molecule has 0 radical (unpaired) electrons. The summed E-state index contributed by atoms with van der Waals surface area (Å²) in [5.74, 6) is 1.55. The SMILES string of the molecule is CC(Cc1ccc2c(c1)OCO2)N(C)C(=O)OCCN1CCC1. The Kier molecular flexibility index (Phi) is 4.91. The number of carbonyl (C=O) groups is 1. The van der Waals surface area contributed by atoms with Crippen LogP contribution >= 0.6 is 0 Å². The van der Waals surface area contributed by atoms with Crippen LogP contribution in [0.1, 0.15) is 18.9 Å². The third-order valence-electron chi connectivity index (χ3n) is 4.50. The molecule has 23 heavy (non-hydrogen) atoms. The van der Waals surface area contributed by atoms with Crippen LogP contribution in [0.2, 0.25) is 0 Å². The summed E-state index contributed by atoms with van der Waals surface area (Å²) in [5.41, 5.74) is 1.11. The second kappa shape index (κ2) is 7.08. The van der Waals surface area contributed by atoms with Crippen molar-refractivity contribution in [2.45, 2.75) is 25.8 Å². The molecule has 6 heteroatoms. The zero-order valence-electron chi connectivity index (χ0n) is 13.8. The van der Waals surface area contributed by atoms with Crippen molar-refractivity contribution in [2.24, 2.45) is 0 Å². The van der Waals surface area contributed by atoms with Crippen molar-refractivity contribution in [3.05, 3.63) is 23.8 Å². The van der Waals surface area contributed by atoms with E-state index in [-0.39, 0.29) is 18.9 Å². The lowest BCUT2D eigenvalue weighted by Crippen LogP contribution is -2.41. The number of hydrogen-bond acceptors (Lipinski definition) is 5. The molecule has 126 valence electrons. The summed E-state index contributed by atoms with van der Waals surface area (Å²) in [7, 11) is 1.78. The Balaban J connectivity index is 1.46. The van der Waals surface area contributed by atoms with E-state index < -0.39 is 0 Å². The lowest BCUT2D eigenvalue weighted by Gasteiger charge is -2.31. The molecule has 0 saturated carbocycles. The summed E-state index contributed by atoms with van der Waals surface area (Å²) in [5, 5.41) is 0. The van der Waals surface area contributed by atoms with Crippen LogP contribution in [0.25, 0.3) is 0 Å². The molecule has 2 aliphatic rings. The van der Waals surface area contributed by atoms with Crippen molar-refractivity contribution in [1.82, 2.24) is 9.80 Å². The van der Waals surface area contributed by atoms with Gasteiger partial charge in [0.05, 0.1) is 0 Å². The third kappa shape index (κ3) is 3.88. The van der Waals surface area contributed by atoms with E-state index >= 15 is 0 Å². The maximum atomic E-state index is 12.1. The average Bonchev–Trinajstić information content (AvgIpc) is 2.96. The maximum absolute atomic E-state index is 12.1. The maximum Gasteiger partial charge on any atom is 0.409 e. The van der Waals surface area contributed by atoms with E-state index in [1.165, 1.54) is 6.42 Å². The monoisotopic (exact) mass is 320 g/mol.